The Morgan fingerprint density at radius 1 is 0.882 bits per heavy atom. The van der Waals surface area contributed by atoms with Crippen molar-refractivity contribution in [1.82, 2.24) is 15.0 Å². The van der Waals surface area contributed by atoms with Gasteiger partial charge in [0, 0.05) is 23.5 Å². The van der Waals surface area contributed by atoms with Gasteiger partial charge < -0.3 is 18.6 Å². The number of hydrogen-bond donors (Lipinski definition) is 0. The average molecular weight is 471 g/mol. The van der Waals surface area contributed by atoms with Crippen molar-refractivity contribution in [3.8, 4) is 40.1 Å². The lowest BCUT2D eigenvalue weighted by Gasteiger charge is -2.09. The molecule has 0 radical (unpaired) electrons. The Hall–Kier alpha value is -4.08. The molecule has 0 atom stereocenters. The van der Waals surface area contributed by atoms with Gasteiger partial charge in [-0.15, -0.1) is 13.2 Å². The minimum absolute atomic E-state index is 0.0433. The lowest BCUT2D eigenvalue weighted by atomic mass is 10.1. The quantitative estimate of drug-likeness (QED) is 0.309. The molecule has 34 heavy (non-hydrogen) atoms. The van der Waals surface area contributed by atoms with Gasteiger partial charge in [0.15, 0.2) is 12.4 Å². The van der Waals surface area contributed by atoms with E-state index in [1.165, 1.54) is 36.7 Å². The molecule has 2 aromatic heterocycles. The molecule has 4 rings (SSSR count). The monoisotopic (exact) mass is 471 g/mol. The van der Waals surface area contributed by atoms with E-state index >= 15 is 0 Å². The van der Waals surface area contributed by atoms with Crippen molar-refractivity contribution in [2.75, 3.05) is 0 Å². The molecular weight excluding hydrogens is 451 g/mol. The van der Waals surface area contributed by atoms with Gasteiger partial charge in [0.1, 0.15) is 17.2 Å². The maximum absolute atomic E-state index is 12.5. The van der Waals surface area contributed by atoms with Crippen LogP contribution in [0.4, 0.5) is 13.2 Å². The van der Waals surface area contributed by atoms with Crippen molar-refractivity contribution in [1.29, 1.82) is 0 Å². The average Bonchev–Trinajstić information content (AvgIpc) is 3.22. The fourth-order valence-corrected chi connectivity index (χ4v) is 3.00. The normalized spacial score (nSPS) is 11.5. The minimum atomic E-state index is -4.78. The maximum Gasteiger partial charge on any atom is 0.573 e. The highest BCUT2D eigenvalue weighted by Gasteiger charge is 2.31. The Balaban J connectivity index is 1.65. The molecule has 10 heteroatoms. The molecule has 0 spiro atoms. The largest absolute Gasteiger partial charge is 0.573 e. The van der Waals surface area contributed by atoms with Gasteiger partial charge in [-0.1, -0.05) is 18.2 Å². The molecule has 0 saturated heterocycles. The van der Waals surface area contributed by atoms with Gasteiger partial charge in [-0.25, -0.2) is 15.0 Å². The second kappa shape index (κ2) is 9.82. The van der Waals surface area contributed by atoms with E-state index in [9.17, 15) is 13.2 Å². The zero-order valence-corrected chi connectivity index (χ0v) is 18.2. The molecule has 0 N–H and O–H groups in total. The molecule has 4 aromatic rings. The van der Waals surface area contributed by atoms with Crippen LogP contribution >= 0.6 is 0 Å². The third-order valence-corrected chi connectivity index (χ3v) is 4.37. The Morgan fingerprint density at radius 2 is 1.56 bits per heavy atom. The molecule has 176 valence electrons. The zero-order valence-electron chi connectivity index (χ0n) is 18.2. The van der Waals surface area contributed by atoms with Crippen molar-refractivity contribution < 1.29 is 31.8 Å². The Morgan fingerprint density at radius 3 is 2.18 bits per heavy atom. The summed E-state index contributed by atoms with van der Waals surface area (Å²) < 4.78 is 58.6. The number of halogens is 3. The van der Waals surface area contributed by atoms with Crippen LogP contribution < -0.4 is 14.2 Å². The molecule has 0 aliphatic rings. The summed E-state index contributed by atoms with van der Waals surface area (Å²) in [5.41, 5.74) is 1.44. The Bertz CT molecular complexity index is 1210. The summed E-state index contributed by atoms with van der Waals surface area (Å²) in [6.07, 6.45) is -1.80. The van der Waals surface area contributed by atoms with Crippen LogP contribution in [0.5, 0.6) is 17.5 Å². The molecule has 0 saturated carbocycles. The third kappa shape index (κ3) is 6.03. The van der Waals surface area contributed by atoms with Crippen molar-refractivity contribution in [2.24, 2.45) is 0 Å². The van der Waals surface area contributed by atoms with Gasteiger partial charge in [0.2, 0.25) is 5.89 Å². The van der Waals surface area contributed by atoms with Crippen LogP contribution in [0.2, 0.25) is 0 Å². The zero-order chi connectivity index (χ0) is 24.1. The van der Waals surface area contributed by atoms with E-state index in [4.69, 9.17) is 13.9 Å². The van der Waals surface area contributed by atoms with Crippen LogP contribution in [0, 0.1) is 0 Å². The topological polar surface area (TPSA) is 79.5 Å². The highest BCUT2D eigenvalue weighted by atomic mass is 19.4. The van der Waals surface area contributed by atoms with Crippen molar-refractivity contribution >= 4 is 0 Å². The lowest BCUT2D eigenvalue weighted by Crippen LogP contribution is -2.16. The number of para-hydroxylation sites is 1. The number of oxazole rings is 1. The summed E-state index contributed by atoms with van der Waals surface area (Å²) in [4.78, 5) is 12.9. The standard InChI is InChI=1S/C24H20F3N3O4/c1-15(2)32-23-28-12-17(13-29-23)21-22(16-8-10-19(11-9-16)34-24(25,26)27)33-20(30-21)14-31-18-6-4-3-5-7-18/h3-13,15H,14H2,1-2H3. The summed E-state index contributed by atoms with van der Waals surface area (Å²) in [7, 11) is 0. The third-order valence-electron chi connectivity index (χ3n) is 4.37. The highest BCUT2D eigenvalue weighted by molar-refractivity contribution is 5.76. The summed E-state index contributed by atoms with van der Waals surface area (Å²) in [5.74, 6) is 0.887. The van der Waals surface area contributed by atoms with Gasteiger partial charge in [0.05, 0.1) is 6.10 Å². The van der Waals surface area contributed by atoms with Crippen LogP contribution in [0.25, 0.3) is 22.6 Å². The predicted molar refractivity (Wildman–Crippen MR) is 116 cm³/mol. The van der Waals surface area contributed by atoms with E-state index in [1.807, 2.05) is 32.0 Å². The summed E-state index contributed by atoms with van der Waals surface area (Å²) >= 11 is 0. The van der Waals surface area contributed by atoms with E-state index in [0.717, 1.165) is 0 Å². The molecule has 2 aromatic carbocycles. The summed E-state index contributed by atoms with van der Waals surface area (Å²) in [6.45, 7) is 3.76. The summed E-state index contributed by atoms with van der Waals surface area (Å²) in [6, 6.07) is 14.6. The SMILES string of the molecule is CC(C)Oc1ncc(-c2nc(COc3ccccc3)oc2-c2ccc(OC(F)(F)F)cc2)cn1. The van der Waals surface area contributed by atoms with E-state index in [1.54, 1.807) is 12.1 Å². The molecule has 0 aliphatic carbocycles. The number of benzene rings is 2. The highest BCUT2D eigenvalue weighted by Crippen LogP contribution is 2.34. The molecule has 0 fully saturated rings. The van der Waals surface area contributed by atoms with E-state index in [2.05, 4.69) is 19.7 Å². The van der Waals surface area contributed by atoms with Crippen molar-refractivity contribution in [3.63, 3.8) is 0 Å². The Kier molecular flexibility index (Phi) is 6.67. The number of hydrogen-bond acceptors (Lipinski definition) is 7. The molecule has 0 unspecified atom stereocenters. The number of aromatic nitrogens is 3. The second-order valence-corrected chi connectivity index (χ2v) is 7.38. The number of nitrogens with zero attached hydrogens (tertiary/aromatic N) is 3. The first kappa shape index (κ1) is 23.1. The van der Waals surface area contributed by atoms with Gasteiger partial charge in [-0.2, -0.15) is 0 Å². The Labute approximate surface area is 193 Å². The van der Waals surface area contributed by atoms with E-state index in [-0.39, 0.29) is 30.4 Å². The molecule has 0 amide bonds. The first-order valence-electron chi connectivity index (χ1n) is 10.3. The summed E-state index contributed by atoms with van der Waals surface area (Å²) in [5, 5.41) is 0. The predicted octanol–water partition coefficient (Wildman–Crippen LogP) is 6.06. The lowest BCUT2D eigenvalue weighted by molar-refractivity contribution is -0.274. The van der Waals surface area contributed by atoms with Crippen LogP contribution in [-0.4, -0.2) is 27.4 Å². The van der Waals surface area contributed by atoms with Crippen LogP contribution in [0.1, 0.15) is 19.7 Å². The first-order chi connectivity index (χ1) is 16.3. The molecule has 2 heterocycles. The molecule has 0 aliphatic heterocycles. The molecule has 0 bridgehead atoms. The first-order valence-corrected chi connectivity index (χ1v) is 10.3. The van der Waals surface area contributed by atoms with Crippen molar-refractivity contribution in [3.05, 3.63) is 72.9 Å². The van der Waals surface area contributed by atoms with Crippen LogP contribution in [0.15, 0.2) is 71.4 Å². The van der Waals surface area contributed by atoms with Gasteiger partial charge >= 0.3 is 12.4 Å². The fraction of sp³-hybridized carbons (Fsp3) is 0.208. The van der Waals surface area contributed by atoms with Gasteiger partial charge in [-0.05, 0) is 50.2 Å². The smallest absolute Gasteiger partial charge is 0.484 e. The maximum atomic E-state index is 12.5. The number of alkyl halides is 3. The molecular formula is C24H20F3N3O4. The molecule has 7 nitrogen and oxygen atoms in total. The van der Waals surface area contributed by atoms with Crippen LogP contribution in [0.3, 0.4) is 0 Å². The van der Waals surface area contributed by atoms with Gasteiger partial charge in [0.25, 0.3) is 0 Å². The number of ether oxygens (including phenoxy) is 3. The number of rotatable bonds is 8. The van der Waals surface area contributed by atoms with Crippen molar-refractivity contribution in [2.45, 2.75) is 32.9 Å². The van der Waals surface area contributed by atoms with E-state index < -0.39 is 6.36 Å². The second-order valence-electron chi connectivity index (χ2n) is 7.38. The fourth-order valence-electron chi connectivity index (χ4n) is 3.00. The minimum Gasteiger partial charge on any atom is -0.484 e. The van der Waals surface area contributed by atoms with Crippen LogP contribution in [-0.2, 0) is 6.61 Å². The van der Waals surface area contributed by atoms with Gasteiger partial charge in [-0.3, -0.25) is 0 Å². The van der Waals surface area contributed by atoms with E-state index in [0.29, 0.717) is 28.3 Å².